The quantitative estimate of drug-likeness (QED) is 0.897. The van der Waals surface area contributed by atoms with E-state index in [2.05, 4.69) is 5.10 Å². The molecule has 2 aromatic rings. The van der Waals surface area contributed by atoms with Crippen molar-refractivity contribution in [2.24, 2.45) is 0 Å². The molecule has 0 aliphatic carbocycles. The Labute approximate surface area is 105 Å². The Bertz CT molecular complexity index is 659. The molecule has 1 aromatic carbocycles. The van der Waals surface area contributed by atoms with Crippen molar-refractivity contribution in [1.82, 2.24) is 9.19 Å². The molecule has 1 aromatic heterocycles. The van der Waals surface area contributed by atoms with Gasteiger partial charge in [-0.3, -0.25) is 0 Å². The number of hydrogen-bond acceptors (Lipinski definition) is 5. The zero-order valence-electron chi connectivity index (χ0n) is 9.99. The third-order valence-electron chi connectivity index (χ3n) is 2.44. The topological polar surface area (TPSA) is 87.2 Å². The largest absolute Gasteiger partial charge is 0.480 e. The van der Waals surface area contributed by atoms with Gasteiger partial charge < -0.3 is 10.5 Å². The summed E-state index contributed by atoms with van der Waals surface area (Å²) in [6.45, 7) is 1.88. The van der Waals surface area contributed by atoms with Gasteiger partial charge in [-0.2, -0.15) is 8.42 Å². The van der Waals surface area contributed by atoms with Gasteiger partial charge in [0.2, 0.25) is 5.88 Å². The second kappa shape index (κ2) is 4.34. The summed E-state index contributed by atoms with van der Waals surface area (Å²) >= 11 is 0. The molecule has 0 spiro atoms. The molecule has 0 bridgehead atoms. The summed E-state index contributed by atoms with van der Waals surface area (Å²) < 4.78 is 30.1. The lowest BCUT2D eigenvalue weighted by atomic mass is 10.2. The number of ether oxygens (including phenoxy) is 1. The van der Waals surface area contributed by atoms with Crippen molar-refractivity contribution in [3.63, 3.8) is 0 Å². The molecular formula is C11H13N3O3S. The maximum absolute atomic E-state index is 12.3. The Morgan fingerprint density at radius 2 is 1.89 bits per heavy atom. The summed E-state index contributed by atoms with van der Waals surface area (Å²) in [7, 11) is -2.38. The van der Waals surface area contributed by atoms with E-state index in [4.69, 9.17) is 10.5 Å². The highest BCUT2D eigenvalue weighted by molar-refractivity contribution is 7.90. The van der Waals surface area contributed by atoms with E-state index < -0.39 is 10.0 Å². The molecule has 0 saturated carbocycles. The van der Waals surface area contributed by atoms with E-state index in [0.29, 0.717) is 0 Å². The average Bonchev–Trinajstić information content (AvgIpc) is 2.72. The summed E-state index contributed by atoms with van der Waals surface area (Å²) in [6, 6.07) is 7.80. The normalized spacial score (nSPS) is 11.4. The number of aromatic nitrogens is 2. The number of anilines is 1. The first-order valence-corrected chi connectivity index (χ1v) is 6.61. The number of benzene rings is 1. The van der Waals surface area contributed by atoms with Gasteiger partial charge in [0.1, 0.15) is 5.82 Å². The zero-order chi connectivity index (χ0) is 13.3. The molecule has 0 atom stereocenters. The third kappa shape index (κ3) is 2.04. The summed E-state index contributed by atoms with van der Waals surface area (Å²) in [5.74, 6) is 0.163. The smallest absolute Gasteiger partial charge is 0.284 e. The standard InChI is InChI=1S/C11H13N3O3S/c1-8-3-5-9(6-4-8)18(15,16)14-10(12)7-11(13-14)17-2/h3-7H,12H2,1-2H3. The number of methoxy groups -OCH3 is 1. The maximum atomic E-state index is 12.3. The van der Waals surface area contributed by atoms with Gasteiger partial charge in [-0.15, -0.1) is 9.19 Å². The average molecular weight is 267 g/mol. The first kappa shape index (κ1) is 12.4. The molecule has 6 nitrogen and oxygen atoms in total. The van der Waals surface area contributed by atoms with Crippen molar-refractivity contribution in [3.05, 3.63) is 35.9 Å². The summed E-state index contributed by atoms with van der Waals surface area (Å²) in [5.41, 5.74) is 6.58. The molecule has 0 fully saturated rings. The Balaban J connectivity index is 2.54. The van der Waals surface area contributed by atoms with E-state index in [1.165, 1.54) is 25.3 Å². The molecule has 0 aliphatic heterocycles. The fourth-order valence-electron chi connectivity index (χ4n) is 1.46. The van der Waals surface area contributed by atoms with Gasteiger partial charge in [0.15, 0.2) is 0 Å². The minimum absolute atomic E-state index is 0.00688. The van der Waals surface area contributed by atoms with Crippen molar-refractivity contribution in [3.8, 4) is 5.88 Å². The van der Waals surface area contributed by atoms with E-state index in [1.54, 1.807) is 12.1 Å². The molecule has 2 N–H and O–H groups in total. The Hall–Kier alpha value is -2.02. The van der Waals surface area contributed by atoms with Crippen molar-refractivity contribution in [2.75, 3.05) is 12.8 Å². The molecule has 18 heavy (non-hydrogen) atoms. The van der Waals surface area contributed by atoms with E-state index in [9.17, 15) is 8.42 Å². The fraction of sp³-hybridized carbons (Fsp3) is 0.182. The van der Waals surface area contributed by atoms with Gasteiger partial charge in [-0.25, -0.2) is 0 Å². The van der Waals surface area contributed by atoms with Crippen LogP contribution in [0.5, 0.6) is 5.88 Å². The molecule has 0 aliphatic rings. The van der Waals surface area contributed by atoms with Gasteiger partial charge in [-0.1, -0.05) is 17.7 Å². The lowest BCUT2D eigenvalue weighted by molar-refractivity contribution is 0.395. The van der Waals surface area contributed by atoms with E-state index >= 15 is 0 Å². The van der Waals surface area contributed by atoms with Gasteiger partial charge in [0.05, 0.1) is 12.0 Å². The number of rotatable bonds is 3. The van der Waals surface area contributed by atoms with Crippen LogP contribution >= 0.6 is 0 Å². The third-order valence-corrected chi connectivity index (χ3v) is 4.05. The maximum Gasteiger partial charge on any atom is 0.284 e. The highest BCUT2D eigenvalue weighted by Crippen LogP contribution is 2.20. The Morgan fingerprint density at radius 3 is 2.39 bits per heavy atom. The number of nitrogen functional groups attached to an aromatic ring is 1. The Morgan fingerprint density at radius 1 is 1.28 bits per heavy atom. The van der Waals surface area contributed by atoms with Crippen LogP contribution in [-0.2, 0) is 10.0 Å². The van der Waals surface area contributed by atoms with Gasteiger partial charge in [-0.05, 0) is 19.1 Å². The van der Waals surface area contributed by atoms with Crippen LogP contribution in [0.25, 0.3) is 0 Å². The number of hydrogen-bond donors (Lipinski definition) is 1. The second-order valence-corrected chi connectivity index (χ2v) is 5.54. The molecule has 2 rings (SSSR count). The molecule has 0 unspecified atom stereocenters. The highest BCUT2D eigenvalue weighted by atomic mass is 32.2. The summed E-state index contributed by atoms with van der Waals surface area (Å²) in [4.78, 5) is 0.130. The van der Waals surface area contributed by atoms with Crippen LogP contribution in [0.2, 0.25) is 0 Å². The van der Waals surface area contributed by atoms with Crippen molar-refractivity contribution in [2.45, 2.75) is 11.8 Å². The second-order valence-electron chi connectivity index (χ2n) is 3.77. The molecule has 0 saturated heterocycles. The van der Waals surface area contributed by atoms with Crippen LogP contribution in [0, 0.1) is 6.92 Å². The van der Waals surface area contributed by atoms with E-state index in [1.807, 2.05) is 6.92 Å². The van der Waals surface area contributed by atoms with E-state index in [-0.39, 0.29) is 16.6 Å². The molecule has 0 amide bonds. The van der Waals surface area contributed by atoms with Crippen molar-refractivity contribution >= 4 is 15.8 Å². The minimum atomic E-state index is -3.78. The number of nitrogens with two attached hydrogens (primary N) is 1. The fourth-order valence-corrected chi connectivity index (χ4v) is 2.66. The van der Waals surface area contributed by atoms with Crippen molar-refractivity contribution < 1.29 is 13.2 Å². The predicted molar refractivity (Wildman–Crippen MR) is 67.0 cm³/mol. The molecular weight excluding hydrogens is 254 g/mol. The van der Waals surface area contributed by atoms with Gasteiger partial charge >= 0.3 is 0 Å². The van der Waals surface area contributed by atoms with Crippen LogP contribution < -0.4 is 10.5 Å². The predicted octanol–water partition coefficient (Wildman–Crippen LogP) is 1.02. The first-order valence-electron chi connectivity index (χ1n) is 5.17. The highest BCUT2D eigenvalue weighted by Gasteiger charge is 2.21. The van der Waals surface area contributed by atoms with Crippen molar-refractivity contribution in [1.29, 1.82) is 0 Å². The molecule has 96 valence electrons. The summed E-state index contributed by atoms with van der Waals surface area (Å²) in [5, 5.41) is 3.78. The van der Waals surface area contributed by atoms with Gasteiger partial charge in [0, 0.05) is 6.07 Å². The first-order chi connectivity index (χ1) is 8.45. The lowest BCUT2D eigenvalue weighted by Crippen LogP contribution is -2.16. The zero-order valence-corrected chi connectivity index (χ0v) is 10.8. The van der Waals surface area contributed by atoms with Crippen LogP contribution in [0.1, 0.15) is 5.56 Å². The number of aryl methyl sites for hydroxylation is 1. The number of nitrogens with zero attached hydrogens (tertiary/aromatic N) is 2. The van der Waals surface area contributed by atoms with Gasteiger partial charge in [0.25, 0.3) is 10.0 Å². The minimum Gasteiger partial charge on any atom is -0.480 e. The lowest BCUT2D eigenvalue weighted by Gasteiger charge is -2.05. The van der Waals surface area contributed by atoms with Crippen LogP contribution in [-0.4, -0.2) is 24.7 Å². The molecule has 1 heterocycles. The van der Waals surface area contributed by atoms with Crippen LogP contribution in [0.4, 0.5) is 5.82 Å². The molecule has 7 heteroatoms. The Kier molecular flexibility index (Phi) is 3.00. The SMILES string of the molecule is COc1cc(N)n(S(=O)(=O)c2ccc(C)cc2)n1. The monoisotopic (exact) mass is 267 g/mol. The summed E-state index contributed by atoms with van der Waals surface area (Å²) in [6.07, 6.45) is 0. The van der Waals surface area contributed by atoms with E-state index in [0.717, 1.165) is 9.65 Å². The molecule has 0 radical (unpaired) electrons. The van der Waals surface area contributed by atoms with Crippen LogP contribution in [0.3, 0.4) is 0 Å². The van der Waals surface area contributed by atoms with Crippen LogP contribution in [0.15, 0.2) is 35.2 Å².